The molecule has 0 bridgehead atoms. The van der Waals surface area contributed by atoms with Crippen LogP contribution in [0.5, 0.6) is 0 Å². The second kappa shape index (κ2) is 21.6. The lowest BCUT2D eigenvalue weighted by molar-refractivity contribution is 0.669. The Hall–Kier alpha value is -14.6. The van der Waals surface area contributed by atoms with Crippen LogP contribution in [0.2, 0.25) is 0 Å². The molecule has 2 aliphatic rings. The van der Waals surface area contributed by atoms with Gasteiger partial charge in [-0.05, 0) is 178 Å². The van der Waals surface area contributed by atoms with Crippen LogP contribution in [0.4, 0.5) is 34.1 Å². The van der Waals surface area contributed by atoms with Crippen LogP contribution in [0.25, 0.3) is 186 Å². The van der Waals surface area contributed by atoms with E-state index in [2.05, 4.69) is 188 Å². The highest BCUT2D eigenvalue weighted by atomic mass is 16.3. The van der Waals surface area contributed by atoms with Gasteiger partial charge >= 0.3 is 0 Å². The SMILES string of the molecule is [2H]c1c([2H])c([2H])c2c(c1[2H])c1c([2H])c([2H])c([2H])c([2H])c1n2-c1ccc2c(c1)N(c1ccccc1-c1cc3c4ccccc4n4c5ccccc5c(c1)c34)c1cc(-c3ccc4oc5ccccc5c4c3)cc3c1B2c1ccc(-n2c4c([2H])c([2H])c([2H])c([2H])c4c4c([2H])c([2H])c([2H])c([2H])c42)cc1N3c1ccccc1-c1cc2c3ccccc3n3c4ccccc4c(c1)c23. The van der Waals surface area contributed by atoms with Gasteiger partial charge in [-0.25, -0.2) is 0 Å². The van der Waals surface area contributed by atoms with Crippen LogP contribution in [0.15, 0.2) is 362 Å². The lowest BCUT2D eigenvalue weighted by Crippen LogP contribution is -2.61. The van der Waals surface area contributed by atoms with E-state index in [1.165, 1.54) is 0 Å². The van der Waals surface area contributed by atoms with Crippen molar-refractivity contribution in [3.05, 3.63) is 358 Å². The van der Waals surface area contributed by atoms with Crippen LogP contribution in [0.1, 0.15) is 21.9 Å². The first-order chi connectivity index (χ1) is 61.2. The number of benzene rings is 17. The molecule has 0 saturated heterocycles. The van der Waals surface area contributed by atoms with Gasteiger partial charge < -0.3 is 32.2 Å². The van der Waals surface area contributed by atoms with Gasteiger partial charge in [0.05, 0.1) is 88.5 Å². The van der Waals surface area contributed by atoms with Crippen LogP contribution < -0.4 is 26.2 Å². The summed E-state index contributed by atoms with van der Waals surface area (Å²) in [7, 11) is 0. The number of fused-ring (bicyclic) bond motifs is 25. The van der Waals surface area contributed by atoms with Gasteiger partial charge in [0.2, 0.25) is 0 Å². The number of hydrogen-bond donors (Lipinski definition) is 0. The van der Waals surface area contributed by atoms with Crippen LogP contribution in [-0.2, 0) is 0 Å². The average Bonchev–Trinajstić information content (AvgIpc) is 0.961. The summed E-state index contributed by atoms with van der Waals surface area (Å²) in [6, 6.07) is 81.6. The molecule has 0 N–H and O–H groups in total. The Kier molecular flexibility index (Phi) is 8.96. The number of nitrogens with zero attached hydrogens (tertiary/aromatic N) is 6. The van der Waals surface area contributed by atoms with Crippen molar-refractivity contribution in [3.63, 3.8) is 0 Å². The Labute approximate surface area is 652 Å². The molecule has 8 heteroatoms. The van der Waals surface area contributed by atoms with Crippen molar-refractivity contribution in [2.45, 2.75) is 0 Å². The smallest absolute Gasteiger partial charge is 0.252 e. The van der Waals surface area contributed by atoms with E-state index in [-0.39, 0.29) is 43.6 Å². The molecule has 0 atom stereocenters. The van der Waals surface area contributed by atoms with E-state index in [0.717, 1.165) is 148 Å². The van der Waals surface area contributed by atoms with Crippen molar-refractivity contribution in [2.75, 3.05) is 9.80 Å². The summed E-state index contributed by atoms with van der Waals surface area (Å²) in [5, 5.41) is 9.90. The summed E-state index contributed by atoms with van der Waals surface area (Å²) in [6.45, 7) is -0.788. The van der Waals surface area contributed by atoms with Gasteiger partial charge in [0.15, 0.2) is 0 Å². The number of para-hydroxylation sites is 11. The zero-order valence-corrected chi connectivity index (χ0v) is 58.0. The van der Waals surface area contributed by atoms with Crippen LogP contribution >= 0.6 is 0 Å². The Bertz CT molecular complexity index is 8420. The number of furan rings is 1. The minimum Gasteiger partial charge on any atom is -0.456 e. The molecule has 9 heterocycles. The molecule has 0 aliphatic carbocycles. The molecular formula is C102H59BN6O. The highest BCUT2D eigenvalue weighted by molar-refractivity contribution is 7.00. The minimum absolute atomic E-state index is 0.0591. The highest BCUT2D eigenvalue weighted by Crippen LogP contribution is 2.54. The van der Waals surface area contributed by atoms with Crippen molar-refractivity contribution in [2.24, 2.45) is 0 Å². The Morgan fingerprint density at radius 3 is 1.05 bits per heavy atom. The molecule has 0 radical (unpaired) electrons. The third-order valence-electron chi connectivity index (χ3n) is 23.6. The molecule has 7 aromatic heterocycles. The van der Waals surface area contributed by atoms with E-state index in [4.69, 9.17) is 9.90 Å². The summed E-state index contributed by atoms with van der Waals surface area (Å²) in [4.78, 5) is 4.56. The third kappa shape index (κ3) is 7.72. The van der Waals surface area contributed by atoms with E-state index in [1.807, 2.05) is 91.0 Å². The van der Waals surface area contributed by atoms with E-state index in [1.54, 1.807) is 9.13 Å². The maximum Gasteiger partial charge on any atom is 0.252 e. The van der Waals surface area contributed by atoms with Crippen molar-refractivity contribution < 1.29 is 26.3 Å². The quantitative estimate of drug-likeness (QED) is 0.149. The summed E-state index contributed by atoms with van der Waals surface area (Å²) >= 11 is 0. The fourth-order valence-corrected chi connectivity index (χ4v) is 19.2. The molecular weight excluding hydrogens is 1340 g/mol. The first-order valence-electron chi connectivity index (χ1n) is 44.8. The molecule has 110 heavy (non-hydrogen) atoms. The monoisotopic (exact) mass is 1410 g/mol. The predicted molar refractivity (Wildman–Crippen MR) is 462 cm³/mol. The Morgan fingerprint density at radius 2 is 0.609 bits per heavy atom. The minimum atomic E-state index is -0.788. The summed E-state index contributed by atoms with van der Waals surface area (Å²) in [5.41, 5.74) is 19.4. The van der Waals surface area contributed by atoms with Crippen LogP contribution in [0.3, 0.4) is 0 Å². The van der Waals surface area contributed by atoms with Crippen LogP contribution in [0, 0.1) is 0 Å². The second-order valence-corrected chi connectivity index (χ2v) is 29.0. The molecule has 17 aromatic carbocycles. The van der Waals surface area contributed by atoms with Gasteiger partial charge in [-0.15, -0.1) is 0 Å². The van der Waals surface area contributed by atoms with Gasteiger partial charge in [-0.2, -0.15) is 0 Å². The van der Waals surface area contributed by atoms with Crippen molar-refractivity contribution in [3.8, 4) is 44.8 Å². The molecule has 0 unspecified atom stereocenters. The topological polar surface area (TPSA) is 38.3 Å². The maximum atomic E-state index is 9.91. The standard InChI is InChI=1S/C102H59BN6O/c1-12-34-84(66(23-1)62-52-78-72-29-7-18-40-90(72)108-91-41-19-8-30-73(91)79(53-62)101(78)108)106-94-58-64(104-86-36-14-3-25-68(86)69-26-4-15-37-87(69)104)46-48-82(94)103-83-49-47-65(105-88-38-16-5-27-70(88)71-28-6-17-39-89(71)105)59-95(83)107(97-57-61(56-96(106)100(97)103)60-45-50-99-77(51-60)76-33-11-22-44-98(76)110-99)85-35-13-2-24-67(85)63-54-80-74-31-9-20-42-92(74)109-93-43-21-10-32-75(93)81(55-63)102(80)109/h1-59H/i3D,4D,5D,6D,14D,15D,16D,17D,25D,26D,27D,28D,36D,37D,38D,39D. The lowest BCUT2D eigenvalue weighted by Gasteiger charge is -2.45. The molecule has 0 fully saturated rings. The highest BCUT2D eigenvalue weighted by Gasteiger charge is 2.45. The van der Waals surface area contributed by atoms with Crippen molar-refractivity contribution in [1.29, 1.82) is 0 Å². The van der Waals surface area contributed by atoms with Crippen LogP contribution in [-0.4, -0.2) is 24.6 Å². The summed E-state index contributed by atoms with van der Waals surface area (Å²) in [5.74, 6) is 0. The molecule has 0 spiro atoms. The maximum absolute atomic E-state index is 9.91. The van der Waals surface area contributed by atoms with E-state index >= 15 is 0 Å². The summed E-state index contributed by atoms with van der Waals surface area (Å²) < 4.78 is 166. The van der Waals surface area contributed by atoms with Gasteiger partial charge in [0, 0.05) is 121 Å². The first kappa shape index (κ1) is 45.7. The Morgan fingerprint density at radius 1 is 0.245 bits per heavy atom. The second-order valence-electron chi connectivity index (χ2n) is 29.0. The van der Waals surface area contributed by atoms with Crippen molar-refractivity contribution >= 4 is 199 Å². The van der Waals surface area contributed by atoms with Gasteiger partial charge in [0.25, 0.3) is 6.71 Å². The average molecular weight is 1410 g/mol. The molecule has 26 rings (SSSR count). The van der Waals surface area contributed by atoms with E-state index in [9.17, 15) is 16.4 Å². The fourth-order valence-electron chi connectivity index (χ4n) is 19.2. The Balaban J connectivity index is 0.833. The number of anilines is 6. The third-order valence-corrected chi connectivity index (χ3v) is 23.6. The summed E-state index contributed by atoms with van der Waals surface area (Å²) in [6.07, 6.45) is 0. The van der Waals surface area contributed by atoms with Gasteiger partial charge in [0.1, 0.15) is 11.2 Å². The molecule has 2 aliphatic heterocycles. The predicted octanol–water partition coefficient (Wildman–Crippen LogP) is 25.2. The number of rotatable bonds is 7. The lowest BCUT2D eigenvalue weighted by atomic mass is 9.33. The molecule has 506 valence electrons. The fraction of sp³-hybridized carbons (Fsp3) is 0. The van der Waals surface area contributed by atoms with Crippen molar-refractivity contribution in [1.82, 2.24) is 17.9 Å². The van der Waals surface area contributed by atoms with E-state index in [0.29, 0.717) is 45.3 Å². The van der Waals surface area contributed by atoms with Gasteiger partial charge in [-0.3, -0.25) is 0 Å². The normalized spacial score (nSPS) is 15.1. The molecule has 7 nitrogen and oxygen atoms in total. The number of aromatic nitrogens is 4. The number of hydrogen-bond acceptors (Lipinski definition) is 3. The largest absolute Gasteiger partial charge is 0.456 e. The first-order valence-corrected chi connectivity index (χ1v) is 36.8. The zero-order chi connectivity index (χ0) is 85.2. The molecule has 24 aromatic rings. The zero-order valence-electron chi connectivity index (χ0n) is 74.0. The van der Waals surface area contributed by atoms with Gasteiger partial charge in [-0.1, -0.05) is 218 Å². The molecule has 0 amide bonds. The van der Waals surface area contributed by atoms with E-state index < -0.39 is 103 Å². The molecule has 0 saturated carbocycles.